The lowest BCUT2D eigenvalue weighted by atomic mass is 10.0. The van der Waals surface area contributed by atoms with E-state index in [1.54, 1.807) is 0 Å². The van der Waals surface area contributed by atoms with Gasteiger partial charge in [-0.05, 0) is 24.3 Å². The molecule has 3 heterocycles. The van der Waals surface area contributed by atoms with Crippen LogP contribution in [0.4, 0.5) is 0 Å². The number of hydrogen-bond donors (Lipinski definition) is 0. The lowest BCUT2D eigenvalue weighted by Crippen LogP contribution is -1.79. The fourth-order valence-corrected chi connectivity index (χ4v) is 6.00. The van der Waals surface area contributed by atoms with Gasteiger partial charge < -0.3 is 4.42 Å². The van der Waals surface area contributed by atoms with E-state index in [2.05, 4.69) is 71.1 Å². The molecule has 0 amide bonds. The molecular formula is C26H14ClNOS. The molecule has 0 atom stereocenters. The number of benzene rings is 4. The Bertz CT molecular complexity index is 1770. The van der Waals surface area contributed by atoms with Gasteiger partial charge in [-0.25, -0.2) is 0 Å². The largest absolute Gasteiger partial charge is 0.437 e. The van der Waals surface area contributed by atoms with Crippen molar-refractivity contribution in [2.75, 3.05) is 0 Å². The molecule has 0 aliphatic rings. The number of fused-ring (bicyclic) bond motifs is 8. The Hall–Kier alpha value is -3.27. The minimum Gasteiger partial charge on any atom is -0.437 e. The molecule has 0 radical (unpaired) electrons. The minimum absolute atomic E-state index is 0.678. The first-order valence-corrected chi connectivity index (χ1v) is 11.0. The molecule has 4 heteroatoms. The summed E-state index contributed by atoms with van der Waals surface area (Å²) in [5.41, 5.74) is 6.17. The molecule has 0 spiro atoms. The molecule has 4 aromatic carbocycles. The molecule has 0 aliphatic carbocycles. The van der Waals surface area contributed by atoms with Crippen LogP contribution in [0, 0.1) is 0 Å². The third-order valence-electron chi connectivity index (χ3n) is 5.87. The Morgan fingerprint density at radius 1 is 0.733 bits per heavy atom. The van der Waals surface area contributed by atoms with Crippen LogP contribution < -0.4 is 0 Å². The lowest BCUT2D eigenvalue weighted by Gasteiger charge is -2.02. The molecule has 0 aliphatic heterocycles. The minimum atomic E-state index is 0.678. The molecule has 2 nitrogen and oxygen atoms in total. The summed E-state index contributed by atoms with van der Waals surface area (Å²) < 4.78 is 11.2. The molecule has 0 saturated carbocycles. The zero-order valence-electron chi connectivity index (χ0n) is 15.7. The van der Waals surface area contributed by atoms with Crippen LogP contribution in [0.3, 0.4) is 0 Å². The molecule has 0 unspecified atom stereocenters. The van der Waals surface area contributed by atoms with Crippen molar-refractivity contribution in [3.05, 3.63) is 90.0 Å². The van der Waals surface area contributed by atoms with E-state index in [1.165, 1.54) is 31.1 Å². The standard InChI is InChI=1S/C26H14ClNOS/c27-15-12-13-21-22(14-15)29-26-24(18-7-1-3-10-20(18)28(21)26)19-9-5-8-17-16-6-2-4-11-23(16)30-25(17)19/h1-14H. The first-order chi connectivity index (χ1) is 14.8. The predicted molar refractivity (Wildman–Crippen MR) is 128 cm³/mol. The highest BCUT2D eigenvalue weighted by molar-refractivity contribution is 7.26. The van der Waals surface area contributed by atoms with Crippen LogP contribution in [0.1, 0.15) is 0 Å². The van der Waals surface area contributed by atoms with Gasteiger partial charge in [0.15, 0.2) is 5.58 Å². The van der Waals surface area contributed by atoms with Crippen molar-refractivity contribution in [1.29, 1.82) is 0 Å². The molecule has 7 rings (SSSR count). The van der Waals surface area contributed by atoms with Gasteiger partial charge in [0, 0.05) is 42.2 Å². The summed E-state index contributed by atoms with van der Waals surface area (Å²) in [4.78, 5) is 0. The second-order valence-corrected chi connectivity index (χ2v) is 9.02. The Kier molecular flexibility index (Phi) is 3.24. The molecule has 0 fully saturated rings. The quantitative estimate of drug-likeness (QED) is 0.258. The number of para-hydroxylation sites is 1. The van der Waals surface area contributed by atoms with E-state index in [0.29, 0.717) is 5.02 Å². The van der Waals surface area contributed by atoms with Crippen LogP contribution in [0.15, 0.2) is 89.3 Å². The first kappa shape index (κ1) is 16.5. The van der Waals surface area contributed by atoms with Crippen molar-refractivity contribution < 1.29 is 4.42 Å². The van der Waals surface area contributed by atoms with Crippen LogP contribution in [-0.4, -0.2) is 4.40 Å². The van der Waals surface area contributed by atoms with Crippen molar-refractivity contribution in [3.8, 4) is 11.1 Å². The summed E-state index contributed by atoms with van der Waals surface area (Å²) in [5.74, 6) is 0. The van der Waals surface area contributed by atoms with Gasteiger partial charge in [0.1, 0.15) is 0 Å². The van der Waals surface area contributed by atoms with Crippen molar-refractivity contribution in [2.24, 2.45) is 0 Å². The van der Waals surface area contributed by atoms with Crippen LogP contribution in [0.25, 0.3) is 59.0 Å². The summed E-state index contributed by atoms with van der Waals surface area (Å²) in [6.45, 7) is 0. The van der Waals surface area contributed by atoms with Gasteiger partial charge in [0.05, 0.1) is 16.6 Å². The maximum Gasteiger partial charge on any atom is 0.213 e. The third kappa shape index (κ3) is 2.08. The molecule has 7 aromatic rings. The Labute approximate surface area is 180 Å². The number of nitrogens with zero attached hydrogens (tertiary/aromatic N) is 1. The van der Waals surface area contributed by atoms with E-state index in [0.717, 1.165) is 27.9 Å². The zero-order chi connectivity index (χ0) is 19.8. The van der Waals surface area contributed by atoms with Crippen LogP contribution in [0.2, 0.25) is 5.02 Å². The highest BCUT2D eigenvalue weighted by atomic mass is 35.5. The molecule has 142 valence electrons. The number of halogens is 1. The Morgan fingerprint density at radius 3 is 2.47 bits per heavy atom. The zero-order valence-corrected chi connectivity index (χ0v) is 17.3. The highest BCUT2D eigenvalue weighted by Crippen LogP contribution is 2.45. The molecule has 0 saturated heterocycles. The van der Waals surface area contributed by atoms with Crippen molar-refractivity contribution in [1.82, 2.24) is 4.40 Å². The summed E-state index contributed by atoms with van der Waals surface area (Å²) in [6.07, 6.45) is 0. The molecule has 3 aromatic heterocycles. The smallest absolute Gasteiger partial charge is 0.213 e. The summed E-state index contributed by atoms with van der Waals surface area (Å²) in [5, 5.41) is 4.46. The summed E-state index contributed by atoms with van der Waals surface area (Å²) in [7, 11) is 0. The number of oxazole rings is 1. The van der Waals surface area contributed by atoms with Gasteiger partial charge in [0.2, 0.25) is 5.71 Å². The monoisotopic (exact) mass is 423 g/mol. The van der Waals surface area contributed by atoms with E-state index < -0.39 is 0 Å². The maximum absolute atomic E-state index is 6.41. The van der Waals surface area contributed by atoms with Gasteiger partial charge >= 0.3 is 0 Å². The predicted octanol–water partition coefficient (Wildman–Crippen LogP) is 8.53. The molecular weight excluding hydrogens is 410 g/mol. The van der Waals surface area contributed by atoms with Crippen molar-refractivity contribution in [2.45, 2.75) is 0 Å². The van der Waals surface area contributed by atoms with E-state index in [4.69, 9.17) is 16.0 Å². The van der Waals surface area contributed by atoms with Gasteiger partial charge in [0.25, 0.3) is 0 Å². The molecule has 30 heavy (non-hydrogen) atoms. The van der Waals surface area contributed by atoms with Gasteiger partial charge in [-0.3, -0.25) is 4.40 Å². The lowest BCUT2D eigenvalue weighted by molar-refractivity contribution is 0.658. The normalized spacial score (nSPS) is 12.2. The van der Waals surface area contributed by atoms with Crippen molar-refractivity contribution >= 4 is 70.8 Å². The average Bonchev–Trinajstić information content (AvgIpc) is 3.41. The first-order valence-electron chi connectivity index (χ1n) is 9.81. The van der Waals surface area contributed by atoms with E-state index in [1.807, 2.05) is 29.5 Å². The van der Waals surface area contributed by atoms with Gasteiger partial charge in [-0.15, -0.1) is 11.3 Å². The number of aromatic nitrogens is 1. The third-order valence-corrected chi connectivity index (χ3v) is 7.33. The Morgan fingerprint density at radius 2 is 1.53 bits per heavy atom. The average molecular weight is 424 g/mol. The Balaban J connectivity index is 1.70. The van der Waals surface area contributed by atoms with Crippen molar-refractivity contribution in [3.63, 3.8) is 0 Å². The topological polar surface area (TPSA) is 17.6 Å². The fraction of sp³-hybridized carbons (Fsp3) is 0. The summed E-state index contributed by atoms with van der Waals surface area (Å²) >= 11 is 8.08. The van der Waals surface area contributed by atoms with E-state index in [-0.39, 0.29) is 0 Å². The highest BCUT2D eigenvalue weighted by Gasteiger charge is 2.22. The van der Waals surface area contributed by atoms with E-state index >= 15 is 0 Å². The SMILES string of the molecule is Clc1ccc2c(c1)oc1c(-c3cccc4c3sc3ccccc34)c3ccccc3n12. The summed E-state index contributed by atoms with van der Waals surface area (Å²) in [6, 6.07) is 29.5. The number of hydrogen-bond acceptors (Lipinski definition) is 2. The van der Waals surface area contributed by atoms with Gasteiger partial charge in [-0.1, -0.05) is 66.2 Å². The maximum atomic E-state index is 6.41. The van der Waals surface area contributed by atoms with Crippen LogP contribution >= 0.6 is 22.9 Å². The fourth-order valence-electron chi connectivity index (χ4n) is 4.62. The second-order valence-electron chi connectivity index (χ2n) is 7.53. The molecule has 0 bridgehead atoms. The van der Waals surface area contributed by atoms with Crippen LogP contribution in [-0.2, 0) is 0 Å². The van der Waals surface area contributed by atoms with E-state index in [9.17, 15) is 0 Å². The van der Waals surface area contributed by atoms with Gasteiger partial charge in [-0.2, -0.15) is 0 Å². The second kappa shape index (κ2) is 5.88. The molecule has 0 N–H and O–H groups in total. The number of rotatable bonds is 1. The number of thiophene rings is 1. The van der Waals surface area contributed by atoms with Crippen LogP contribution in [0.5, 0.6) is 0 Å².